The Balaban J connectivity index is 1.82. The molecule has 0 aliphatic carbocycles. The largest absolute Gasteiger partial charge is 0.352 e. The molecule has 8 nitrogen and oxygen atoms in total. The van der Waals surface area contributed by atoms with E-state index < -0.39 is 17.2 Å². The van der Waals surface area contributed by atoms with Crippen LogP contribution in [0.15, 0.2) is 76.4 Å². The highest BCUT2D eigenvalue weighted by molar-refractivity contribution is 5.91. The number of pyridine rings is 1. The van der Waals surface area contributed by atoms with E-state index in [1.807, 2.05) is 57.2 Å². The van der Waals surface area contributed by atoms with E-state index in [1.54, 1.807) is 30.5 Å². The van der Waals surface area contributed by atoms with Crippen LogP contribution in [0, 0.1) is 20.8 Å². The van der Waals surface area contributed by atoms with Crippen molar-refractivity contribution in [2.75, 3.05) is 0 Å². The second kappa shape index (κ2) is 9.66. The van der Waals surface area contributed by atoms with Gasteiger partial charge in [0, 0.05) is 6.20 Å². The predicted molar refractivity (Wildman–Crippen MR) is 129 cm³/mol. The second-order valence-corrected chi connectivity index (χ2v) is 8.27. The maximum Gasteiger partial charge on any atom is 0.352 e. The molecule has 2 heterocycles. The van der Waals surface area contributed by atoms with Gasteiger partial charge in [0.1, 0.15) is 0 Å². The molecular formula is C26H25N5O3. The molecule has 34 heavy (non-hydrogen) atoms. The Kier molecular flexibility index (Phi) is 6.49. The van der Waals surface area contributed by atoms with Crippen LogP contribution < -0.4 is 16.6 Å². The van der Waals surface area contributed by atoms with Crippen LogP contribution in [-0.2, 0) is 13.1 Å². The van der Waals surface area contributed by atoms with Gasteiger partial charge in [0.2, 0.25) is 5.69 Å². The van der Waals surface area contributed by atoms with E-state index in [4.69, 9.17) is 0 Å². The van der Waals surface area contributed by atoms with Crippen molar-refractivity contribution >= 4 is 5.91 Å². The topological polar surface area (TPSA) is 98.9 Å². The molecule has 4 aromatic rings. The fourth-order valence-electron chi connectivity index (χ4n) is 3.79. The number of aromatic nitrogens is 4. The highest BCUT2D eigenvalue weighted by atomic mass is 16.2. The lowest BCUT2D eigenvalue weighted by Gasteiger charge is -2.13. The summed E-state index contributed by atoms with van der Waals surface area (Å²) in [7, 11) is 0. The number of nitrogens with one attached hydrogen (secondary N) is 1. The molecule has 8 heteroatoms. The standard InChI is InChI=1S/C26H25N5O3/c1-17-7-6-8-20(12-17)16-30-25(33)23(24(32)28-15-21-9-4-5-10-27-21)29-31(26(30)34)22-13-18(2)11-19(3)14-22/h4-14H,15-16H2,1-3H3,(H,28,32). The zero-order valence-corrected chi connectivity index (χ0v) is 19.3. The molecule has 0 radical (unpaired) electrons. The van der Waals surface area contributed by atoms with Gasteiger partial charge in [0.05, 0.1) is 24.5 Å². The Labute approximate surface area is 196 Å². The summed E-state index contributed by atoms with van der Waals surface area (Å²) in [5.41, 5.74) is 3.05. The lowest BCUT2D eigenvalue weighted by atomic mass is 10.1. The Morgan fingerprint density at radius 1 is 0.912 bits per heavy atom. The summed E-state index contributed by atoms with van der Waals surface area (Å²) in [6.45, 7) is 5.90. The van der Waals surface area contributed by atoms with E-state index in [9.17, 15) is 14.4 Å². The molecule has 0 unspecified atom stereocenters. The number of benzene rings is 2. The Morgan fingerprint density at radius 3 is 2.35 bits per heavy atom. The third-order valence-electron chi connectivity index (χ3n) is 5.31. The molecule has 0 aliphatic heterocycles. The molecule has 0 atom stereocenters. The maximum absolute atomic E-state index is 13.4. The SMILES string of the molecule is Cc1cccc(Cn2c(=O)c(C(=O)NCc3ccccn3)nn(-c3cc(C)cc(C)c3)c2=O)c1. The van der Waals surface area contributed by atoms with Crippen LogP contribution in [0.5, 0.6) is 0 Å². The molecule has 1 N–H and O–H groups in total. The van der Waals surface area contributed by atoms with Gasteiger partial charge in [0.15, 0.2) is 0 Å². The molecule has 1 amide bonds. The van der Waals surface area contributed by atoms with Crippen molar-refractivity contribution in [2.45, 2.75) is 33.9 Å². The summed E-state index contributed by atoms with van der Waals surface area (Å²) in [5.74, 6) is -0.674. The first kappa shape index (κ1) is 22.8. The highest BCUT2D eigenvalue weighted by Gasteiger charge is 2.21. The van der Waals surface area contributed by atoms with Gasteiger partial charge in [-0.1, -0.05) is 42.0 Å². The van der Waals surface area contributed by atoms with Gasteiger partial charge in [-0.2, -0.15) is 9.78 Å². The molecule has 172 valence electrons. The molecule has 0 aliphatic rings. The third kappa shape index (κ3) is 5.01. The lowest BCUT2D eigenvalue weighted by Crippen LogP contribution is -2.46. The van der Waals surface area contributed by atoms with Crippen LogP contribution >= 0.6 is 0 Å². The fraction of sp³-hybridized carbons (Fsp3) is 0.192. The van der Waals surface area contributed by atoms with E-state index >= 15 is 0 Å². The first-order valence-corrected chi connectivity index (χ1v) is 10.9. The smallest absolute Gasteiger partial charge is 0.345 e. The van der Waals surface area contributed by atoms with Crippen molar-refractivity contribution in [1.29, 1.82) is 0 Å². The molecule has 0 saturated heterocycles. The van der Waals surface area contributed by atoms with E-state index in [1.165, 1.54) is 0 Å². The number of hydrogen-bond acceptors (Lipinski definition) is 5. The molecule has 0 fully saturated rings. The average molecular weight is 456 g/mol. The summed E-state index contributed by atoms with van der Waals surface area (Å²) < 4.78 is 2.17. The van der Waals surface area contributed by atoms with Crippen molar-refractivity contribution in [3.8, 4) is 5.69 Å². The number of aryl methyl sites for hydroxylation is 3. The zero-order chi connectivity index (χ0) is 24.2. The first-order chi connectivity index (χ1) is 16.3. The van der Waals surface area contributed by atoms with Crippen molar-refractivity contribution < 1.29 is 4.79 Å². The number of amides is 1. The van der Waals surface area contributed by atoms with Crippen LogP contribution in [0.4, 0.5) is 0 Å². The van der Waals surface area contributed by atoms with Crippen molar-refractivity contribution in [3.63, 3.8) is 0 Å². The van der Waals surface area contributed by atoms with Crippen LogP contribution in [0.25, 0.3) is 5.69 Å². The van der Waals surface area contributed by atoms with E-state index in [2.05, 4.69) is 15.4 Å². The van der Waals surface area contributed by atoms with Gasteiger partial charge in [-0.15, -0.1) is 0 Å². The molecule has 0 spiro atoms. The van der Waals surface area contributed by atoms with Gasteiger partial charge in [0.25, 0.3) is 11.5 Å². The minimum atomic E-state index is -0.745. The molecular weight excluding hydrogens is 430 g/mol. The van der Waals surface area contributed by atoms with Gasteiger partial charge < -0.3 is 5.32 Å². The minimum absolute atomic E-state index is 0.0210. The number of carbonyl (C=O) groups excluding carboxylic acids is 1. The second-order valence-electron chi connectivity index (χ2n) is 8.27. The zero-order valence-electron chi connectivity index (χ0n) is 19.3. The molecule has 0 bridgehead atoms. The highest BCUT2D eigenvalue weighted by Crippen LogP contribution is 2.11. The Hall–Kier alpha value is -4.33. The molecule has 2 aromatic carbocycles. The third-order valence-corrected chi connectivity index (χ3v) is 5.31. The summed E-state index contributed by atoms with van der Waals surface area (Å²) in [5, 5.41) is 6.88. The van der Waals surface area contributed by atoms with Crippen LogP contribution in [0.3, 0.4) is 0 Å². The van der Waals surface area contributed by atoms with Crippen molar-refractivity contribution in [1.82, 2.24) is 24.6 Å². The van der Waals surface area contributed by atoms with Crippen molar-refractivity contribution in [2.24, 2.45) is 0 Å². The van der Waals surface area contributed by atoms with E-state index in [-0.39, 0.29) is 18.8 Å². The predicted octanol–water partition coefficient (Wildman–Crippen LogP) is 2.69. The Morgan fingerprint density at radius 2 is 1.68 bits per heavy atom. The lowest BCUT2D eigenvalue weighted by molar-refractivity contribution is 0.0940. The first-order valence-electron chi connectivity index (χ1n) is 10.9. The molecule has 2 aromatic heterocycles. The van der Waals surface area contributed by atoms with E-state index in [0.717, 1.165) is 31.5 Å². The van der Waals surface area contributed by atoms with Gasteiger partial charge in [-0.3, -0.25) is 19.1 Å². The van der Waals surface area contributed by atoms with Crippen LogP contribution in [0.2, 0.25) is 0 Å². The van der Waals surface area contributed by atoms with E-state index in [0.29, 0.717) is 11.4 Å². The summed E-state index contributed by atoms with van der Waals surface area (Å²) in [6.07, 6.45) is 1.62. The number of rotatable bonds is 6. The Bertz CT molecular complexity index is 1450. The summed E-state index contributed by atoms with van der Waals surface area (Å²) in [6, 6.07) is 18.4. The van der Waals surface area contributed by atoms with Crippen molar-refractivity contribution in [3.05, 3.63) is 121 Å². The van der Waals surface area contributed by atoms with Gasteiger partial charge in [-0.25, -0.2) is 4.79 Å². The number of carbonyl (C=O) groups is 1. The van der Waals surface area contributed by atoms with Crippen LogP contribution in [0.1, 0.15) is 38.4 Å². The summed E-state index contributed by atoms with van der Waals surface area (Å²) >= 11 is 0. The monoisotopic (exact) mass is 455 g/mol. The fourth-order valence-corrected chi connectivity index (χ4v) is 3.79. The number of hydrogen-bond donors (Lipinski definition) is 1. The normalized spacial score (nSPS) is 10.8. The summed E-state index contributed by atoms with van der Waals surface area (Å²) in [4.78, 5) is 43.8. The molecule has 4 rings (SSSR count). The minimum Gasteiger partial charge on any atom is -0.345 e. The molecule has 0 saturated carbocycles. The quantitative estimate of drug-likeness (QED) is 0.482. The van der Waals surface area contributed by atoms with Crippen LogP contribution in [-0.4, -0.2) is 25.2 Å². The maximum atomic E-state index is 13.4. The van der Waals surface area contributed by atoms with Gasteiger partial charge in [-0.05, 0) is 61.7 Å². The average Bonchev–Trinajstić information content (AvgIpc) is 2.80. The van der Waals surface area contributed by atoms with Gasteiger partial charge >= 0.3 is 5.69 Å². The number of nitrogens with zero attached hydrogens (tertiary/aromatic N) is 4.